The number of likely N-dealkylation sites (tertiary alicyclic amines) is 1. The number of hydrogen-bond donors (Lipinski definition) is 2. The van der Waals surface area contributed by atoms with Crippen LogP contribution >= 0.6 is 0 Å². The first-order valence-electron chi connectivity index (χ1n) is 9.29. The van der Waals surface area contributed by atoms with Crippen molar-refractivity contribution in [3.63, 3.8) is 0 Å². The van der Waals surface area contributed by atoms with E-state index in [4.69, 9.17) is 5.11 Å². The molecule has 0 bridgehead atoms. The van der Waals surface area contributed by atoms with E-state index in [2.05, 4.69) is 5.32 Å². The van der Waals surface area contributed by atoms with Crippen molar-refractivity contribution in [3.8, 4) is 0 Å². The molecule has 136 valence electrons. The van der Waals surface area contributed by atoms with E-state index < -0.39 is 5.97 Å². The Labute approximate surface area is 144 Å². The van der Waals surface area contributed by atoms with Crippen LogP contribution in [0.3, 0.4) is 0 Å². The minimum absolute atomic E-state index is 0.0194. The highest BCUT2D eigenvalue weighted by atomic mass is 16.4. The Morgan fingerprint density at radius 1 is 1.08 bits per heavy atom. The smallest absolute Gasteiger partial charge is 0.306 e. The molecular formula is C18H30N2O4. The minimum Gasteiger partial charge on any atom is -0.481 e. The number of rotatable bonds is 6. The van der Waals surface area contributed by atoms with Crippen LogP contribution in [0.1, 0.15) is 58.3 Å². The van der Waals surface area contributed by atoms with Crippen LogP contribution in [0.5, 0.6) is 0 Å². The SMILES string of the molecule is CCCC(=O)NCC1CCCN(C(=O)C2CCC(C(=O)O)CC2)C1. The average Bonchev–Trinajstić information content (AvgIpc) is 2.60. The molecule has 1 saturated heterocycles. The van der Waals surface area contributed by atoms with Crippen LogP contribution in [0.15, 0.2) is 0 Å². The Bertz CT molecular complexity index is 458. The zero-order valence-corrected chi connectivity index (χ0v) is 14.6. The molecule has 0 aromatic rings. The van der Waals surface area contributed by atoms with Crippen LogP contribution in [0.4, 0.5) is 0 Å². The fraction of sp³-hybridized carbons (Fsp3) is 0.833. The first kappa shape index (κ1) is 18.7. The zero-order valence-electron chi connectivity index (χ0n) is 14.6. The van der Waals surface area contributed by atoms with Crippen LogP contribution in [-0.2, 0) is 14.4 Å². The van der Waals surface area contributed by atoms with Gasteiger partial charge in [-0.15, -0.1) is 0 Å². The molecule has 2 N–H and O–H groups in total. The summed E-state index contributed by atoms with van der Waals surface area (Å²) < 4.78 is 0. The molecular weight excluding hydrogens is 308 g/mol. The van der Waals surface area contributed by atoms with Gasteiger partial charge in [0.1, 0.15) is 0 Å². The van der Waals surface area contributed by atoms with Gasteiger partial charge in [0.2, 0.25) is 11.8 Å². The maximum absolute atomic E-state index is 12.7. The number of carboxylic acid groups (broad SMARTS) is 1. The predicted octanol–water partition coefficient (Wildman–Crippen LogP) is 2.03. The fourth-order valence-corrected chi connectivity index (χ4v) is 3.85. The lowest BCUT2D eigenvalue weighted by Crippen LogP contribution is -2.46. The molecule has 0 aromatic heterocycles. The maximum Gasteiger partial charge on any atom is 0.306 e. The van der Waals surface area contributed by atoms with E-state index in [9.17, 15) is 14.4 Å². The number of carboxylic acids is 1. The summed E-state index contributed by atoms with van der Waals surface area (Å²) in [6.45, 7) is 4.13. The Hall–Kier alpha value is -1.59. The van der Waals surface area contributed by atoms with E-state index in [-0.39, 0.29) is 23.7 Å². The van der Waals surface area contributed by atoms with E-state index in [1.807, 2.05) is 11.8 Å². The van der Waals surface area contributed by atoms with Crippen molar-refractivity contribution in [1.29, 1.82) is 0 Å². The van der Waals surface area contributed by atoms with Crippen molar-refractivity contribution in [3.05, 3.63) is 0 Å². The summed E-state index contributed by atoms with van der Waals surface area (Å²) in [4.78, 5) is 37.3. The molecule has 2 aliphatic rings. The molecule has 0 aromatic carbocycles. The summed E-state index contributed by atoms with van der Waals surface area (Å²) in [5.74, 6) is -0.428. The Kier molecular flexibility index (Phi) is 7.06. The van der Waals surface area contributed by atoms with Crippen LogP contribution in [0, 0.1) is 17.8 Å². The second kappa shape index (κ2) is 9.04. The van der Waals surface area contributed by atoms with E-state index in [1.165, 1.54) is 0 Å². The topological polar surface area (TPSA) is 86.7 Å². The number of nitrogens with one attached hydrogen (secondary N) is 1. The summed E-state index contributed by atoms with van der Waals surface area (Å²) in [5, 5.41) is 12.0. The molecule has 6 nitrogen and oxygen atoms in total. The zero-order chi connectivity index (χ0) is 17.5. The van der Waals surface area contributed by atoms with Gasteiger partial charge in [0, 0.05) is 32.0 Å². The van der Waals surface area contributed by atoms with E-state index in [0.717, 1.165) is 25.8 Å². The second-order valence-corrected chi connectivity index (χ2v) is 7.23. The van der Waals surface area contributed by atoms with Gasteiger partial charge in [0.05, 0.1) is 5.92 Å². The summed E-state index contributed by atoms with van der Waals surface area (Å²) in [7, 11) is 0. The summed E-state index contributed by atoms with van der Waals surface area (Å²) in [6, 6.07) is 0. The van der Waals surface area contributed by atoms with E-state index in [0.29, 0.717) is 51.1 Å². The van der Waals surface area contributed by atoms with Gasteiger partial charge in [0.25, 0.3) is 0 Å². The highest BCUT2D eigenvalue weighted by Gasteiger charge is 2.33. The lowest BCUT2D eigenvalue weighted by molar-refractivity contribution is -0.146. The third kappa shape index (κ3) is 5.21. The average molecular weight is 338 g/mol. The highest BCUT2D eigenvalue weighted by Crippen LogP contribution is 2.31. The largest absolute Gasteiger partial charge is 0.481 e. The van der Waals surface area contributed by atoms with Gasteiger partial charge in [-0.25, -0.2) is 0 Å². The molecule has 1 heterocycles. The normalized spacial score (nSPS) is 27.5. The molecule has 2 rings (SSSR count). The van der Waals surface area contributed by atoms with Crippen LogP contribution in [0.25, 0.3) is 0 Å². The summed E-state index contributed by atoms with van der Waals surface area (Å²) in [6.07, 6.45) is 6.01. The molecule has 0 radical (unpaired) electrons. The Morgan fingerprint density at radius 3 is 2.38 bits per heavy atom. The highest BCUT2D eigenvalue weighted by molar-refractivity contribution is 5.79. The molecule has 1 saturated carbocycles. The third-order valence-electron chi connectivity index (χ3n) is 5.32. The number of hydrogen-bond acceptors (Lipinski definition) is 3. The van der Waals surface area contributed by atoms with E-state index >= 15 is 0 Å². The van der Waals surface area contributed by atoms with Gasteiger partial charge in [-0.05, 0) is 50.9 Å². The number of nitrogens with zero attached hydrogens (tertiary/aromatic N) is 1. The molecule has 2 amide bonds. The van der Waals surface area contributed by atoms with Gasteiger partial charge in [-0.2, -0.15) is 0 Å². The van der Waals surface area contributed by atoms with Crippen molar-refractivity contribution in [2.45, 2.75) is 58.3 Å². The van der Waals surface area contributed by atoms with Crippen LogP contribution in [0.2, 0.25) is 0 Å². The van der Waals surface area contributed by atoms with Gasteiger partial charge in [-0.3, -0.25) is 14.4 Å². The molecule has 1 unspecified atom stereocenters. The molecule has 1 aliphatic carbocycles. The van der Waals surface area contributed by atoms with E-state index in [1.54, 1.807) is 0 Å². The van der Waals surface area contributed by atoms with Crippen LogP contribution < -0.4 is 5.32 Å². The molecule has 0 spiro atoms. The van der Waals surface area contributed by atoms with Gasteiger partial charge >= 0.3 is 5.97 Å². The summed E-state index contributed by atoms with van der Waals surface area (Å²) >= 11 is 0. The van der Waals surface area contributed by atoms with Crippen molar-refractivity contribution in [2.75, 3.05) is 19.6 Å². The molecule has 24 heavy (non-hydrogen) atoms. The van der Waals surface area contributed by atoms with Crippen molar-refractivity contribution in [2.24, 2.45) is 17.8 Å². The first-order chi connectivity index (χ1) is 11.5. The minimum atomic E-state index is -0.734. The standard InChI is InChI=1S/C18H30N2O4/c1-2-4-16(21)19-11-13-5-3-10-20(12-13)17(22)14-6-8-15(9-7-14)18(23)24/h13-15H,2-12H2,1H3,(H,19,21)(H,23,24). The van der Waals surface area contributed by atoms with Gasteiger partial charge in [0.15, 0.2) is 0 Å². The van der Waals surface area contributed by atoms with Gasteiger partial charge in [-0.1, -0.05) is 6.92 Å². The van der Waals surface area contributed by atoms with Crippen molar-refractivity contribution in [1.82, 2.24) is 10.2 Å². The third-order valence-corrected chi connectivity index (χ3v) is 5.32. The van der Waals surface area contributed by atoms with Crippen LogP contribution in [-0.4, -0.2) is 47.4 Å². The maximum atomic E-state index is 12.7. The fourth-order valence-electron chi connectivity index (χ4n) is 3.85. The first-order valence-corrected chi connectivity index (χ1v) is 9.29. The second-order valence-electron chi connectivity index (χ2n) is 7.23. The molecule has 6 heteroatoms. The number of piperidine rings is 1. The lowest BCUT2D eigenvalue weighted by atomic mass is 9.81. The Balaban J connectivity index is 1.78. The predicted molar refractivity (Wildman–Crippen MR) is 90.3 cm³/mol. The number of carbonyl (C=O) groups excluding carboxylic acids is 2. The van der Waals surface area contributed by atoms with Crippen molar-refractivity contribution >= 4 is 17.8 Å². The summed E-state index contributed by atoms with van der Waals surface area (Å²) in [5.41, 5.74) is 0. The number of aliphatic carboxylic acids is 1. The molecule has 1 atom stereocenters. The monoisotopic (exact) mass is 338 g/mol. The molecule has 1 aliphatic heterocycles. The van der Waals surface area contributed by atoms with Crippen molar-refractivity contribution < 1.29 is 19.5 Å². The quantitative estimate of drug-likeness (QED) is 0.776. The molecule has 2 fully saturated rings. The number of carbonyl (C=O) groups is 3. The van der Waals surface area contributed by atoms with Gasteiger partial charge < -0.3 is 15.3 Å². The number of amides is 2. The Morgan fingerprint density at radius 2 is 1.75 bits per heavy atom. The lowest BCUT2D eigenvalue weighted by Gasteiger charge is -2.36.